The molecule has 2 aromatic carbocycles. The van der Waals surface area contributed by atoms with Crippen molar-refractivity contribution in [2.45, 2.75) is 39.8 Å². The molecule has 0 aliphatic heterocycles. The summed E-state index contributed by atoms with van der Waals surface area (Å²) < 4.78 is 34.7. The number of oxime groups is 1. The SMILES string of the molecule is CCn1nc(-c2cccc(C(C)(C)NS(=O)(=O)CC)c2)cc1Oc1ccc(/C=N/O)cc1. The molecule has 1 heterocycles. The lowest BCUT2D eigenvalue weighted by Crippen LogP contribution is -2.41. The minimum atomic E-state index is -3.36. The van der Waals surface area contributed by atoms with E-state index in [2.05, 4.69) is 15.0 Å². The molecule has 0 aliphatic rings. The predicted molar refractivity (Wildman–Crippen MR) is 125 cm³/mol. The van der Waals surface area contributed by atoms with Crippen molar-refractivity contribution in [1.29, 1.82) is 0 Å². The van der Waals surface area contributed by atoms with Crippen LogP contribution in [0, 0.1) is 0 Å². The van der Waals surface area contributed by atoms with E-state index in [9.17, 15) is 8.42 Å². The number of sulfonamides is 1. The summed E-state index contributed by atoms with van der Waals surface area (Å²) in [4.78, 5) is 0. The van der Waals surface area contributed by atoms with Gasteiger partial charge in [0.2, 0.25) is 15.9 Å². The summed E-state index contributed by atoms with van der Waals surface area (Å²) in [6.45, 7) is 7.88. The van der Waals surface area contributed by atoms with E-state index >= 15 is 0 Å². The Kier molecular flexibility index (Phi) is 7.00. The number of ether oxygens (including phenoxy) is 1. The fourth-order valence-corrected chi connectivity index (χ4v) is 4.29. The van der Waals surface area contributed by atoms with Crippen molar-refractivity contribution >= 4 is 16.2 Å². The van der Waals surface area contributed by atoms with Gasteiger partial charge < -0.3 is 9.94 Å². The third-order valence-corrected chi connectivity index (χ3v) is 6.60. The van der Waals surface area contributed by atoms with E-state index in [4.69, 9.17) is 9.94 Å². The molecule has 2 N–H and O–H groups in total. The molecular weight excluding hydrogens is 428 g/mol. The summed E-state index contributed by atoms with van der Waals surface area (Å²) in [6.07, 6.45) is 1.34. The zero-order valence-corrected chi connectivity index (χ0v) is 19.4. The molecule has 3 rings (SSSR count). The van der Waals surface area contributed by atoms with E-state index in [1.54, 1.807) is 35.9 Å². The lowest BCUT2D eigenvalue weighted by Gasteiger charge is -2.26. The second-order valence-electron chi connectivity index (χ2n) is 7.81. The molecule has 0 unspecified atom stereocenters. The van der Waals surface area contributed by atoms with Crippen molar-refractivity contribution in [2.24, 2.45) is 5.16 Å². The Morgan fingerprint density at radius 1 is 1.16 bits per heavy atom. The van der Waals surface area contributed by atoms with E-state index in [1.807, 2.05) is 51.1 Å². The van der Waals surface area contributed by atoms with E-state index in [0.29, 0.717) is 18.2 Å². The third-order valence-electron chi connectivity index (χ3n) is 5.02. The first-order chi connectivity index (χ1) is 15.2. The van der Waals surface area contributed by atoms with Crippen LogP contribution in [-0.4, -0.2) is 35.4 Å². The fourth-order valence-electron chi connectivity index (χ4n) is 3.25. The normalized spacial score (nSPS) is 12.4. The van der Waals surface area contributed by atoms with Crippen LogP contribution in [0.2, 0.25) is 0 Å². The van der Waals surface area contributed by atoms with Crippen molar-refractivity contribution in [3.8, 4) is 22.9 Å². The van der Waals surface area contributed by atoms with Crippen LogP contribution in [0.3, 0.4) is 0 Å². The maximum absolute atomic E-state index is 12.1. The van der Waals surface area contributed by atoms with E-state index in [0.717, 1.165) is 22.4 Å². The summed E-state index contributed by atoms with van der Waals surface area (Å²) in [5.74, 6) is 1.23. The first kappa shape index (κ1) is 23.5. The van der Waals surface area contributed by atoms with Gasteiger partial charge in [-0.25, -0.2) is 17.8 Å². The van der Waals surface area contributed by atoms with Gasteiger partial charge in [-0.05, 0) is 69.2 Å². The molecule has 0 atom stereocenters. The average molecular weight is 457 g/mol. The van der Waals surface area contributed by atoms with Crippen molar-refractivity contribution < 1.29 is 18.4 Å². The molecule has 3 aromatic rings. The van der Waals surface area contributed by atoms with Crippen LogP contribution in [0.15, 0.2) is 59.8 Å². The number of aromatic nitrogens is 2. The van der Waals surface area contributed by atoms with Gasteiger partial charge in [-0.1, -0.05) is 23.4 Å². The smallest absolute Gasteiger partial charge is 0.218 e. The van der Waals surface area contributed by atoms with Gasteiger partial charge >= 0.3 is 0 Å². The molecule has 32 heavy (non-hydrogen) atoms. The number of rotatable bonds is 9. The van der Waals surface area contributed by atoms with Crippen LogP contribution in [0.1, 0.15) is 38.8 Å². The number of nitrogens with one attached hydrogen (secondary N) is 1. The second-order valence-corrected chi connectivity index (χ2v) is 9.82. The molecule has 9 heteroatoms. The van der Waals surface area contributed by atoms with Gasteiger partial charge in [0.1, 0.15) is 5.75 Å². The summed E-state index contributed by atoms with van der Waals surface area (Å²) in [5.41, 5.74) is 2.40. The van der Waals surface area contributed by atoms with Crippen molar-refractivity contribution in [3.05, 3.63) is 65.7 Å². The monoisotopic (exact) mass is 456 g/mol. The molecule has 0 saturated carbocycles. The van der Waals surface area contributed by atoms with E-state index in [1.165, 1.54) is 6.21 Å². The fraction of sp³-hybridized carbons (Fsp3) is 0.304. The number of benzene rings is 2. The van der Waals surface area contributed by atoms with Crippen LogP contribution < -0.4 is 9.46 Å². The number of hydrogen-bond acceptors (Lipinski definition) is 6. The van der Waals surface area contributed by atoms with Gasteiger partial charge in [-0.2, -0.15) is 5.10 Å². The van der Waals surface area contributed by atoms with E-state index in [-0.39, 0.29) is 5.75 Å². The van der Waals surface area contributed by atoms with Crippen molar-refractivity contribution in [1.82, 2.24) is 14.5 Å². The minimum Gasteiger partial charge on any atom is -0.439 e. The predicted octanol–water partition coefficient (Wildman–Crippen LogP) is 4.34. The molecular formula is C23H28N4O4S. The average Bonchev–Trinajstić information content (AvgIpc) is 3.17. The van der Waals surface area contributed by atoms with Crippen LogP contribution in [0.25, 0.3) is 11.3 Å². The Balaban J connectivity index is 1.89. The minimum absolute atomic E-state index is 0.0193. The lowest BCUT2D eigenvalue weighted by atomic mass is 9.93. The zero-order valence-electron chi connectivity index (χ0n) is 18.6. The summed E-state index contributed by atoms with van der Waals surface area (Å²) >= 11 is 0. The number of hydrogen-bond donors (Lipinski definition) is 2. The molecule has 0 spiro atoms. The number of aryl methyl sites for hydroxylation is 1. The maximum atomic E-state index is 12.1. The molecule has 8 nitrogen and oxygen atoms in total. The zero-order chi connectivity index (χ0) is 23.4. The van der Waals surface area contributed by atoms with Crippen molar-refractivity contribution in [3.63, 3.8) is 0 Å². The second kappa shape index (κ2) is 9.54. The molecule has 0 amide bonds. The van der Waals surface area contributed by atoms with E-state index < -0.39 is 15.6 Å². The standard InChI is InChI=1S/C23H28N4O4S/c1-5-27-22(31-20-12-10-17(11-13-20)16-24-28)15-21(25-27)18-8-7-9-19(14-18)23(3,4)26-32(29,30)6-2/h7-16,26,28H,5-6H2,1-4H3/b24-16+. The molecule has 0 bridgehead atoms. The van der Waals surface area contributed by atoms with Gasteiger partial charge in [-0.3, -0.25) is 0 Å². The van der Waals surface area contributed by atoms with Crippen LogP contribution in [0.5, 0.6) is 11.6 Å². The molecule has 0 radical (unpaired) electrons. The Bertz CT molecular complexity index is 1200. The van der Waals surface area contributed by atoms with Gasteiger partial charge in [-0.15, -0.1) is 0 Å². The Morgan fingerprint density at radius 3 is 2.50 bits per heavy atom. The number of nitrogens with zero attached hydrogens (tertiary/aromatic N) is 3. The van der Waals surface area contributed by atoms with Gasteiger partial charge in [0, 0.05) is 18.2 Å². The highest BCUT2D eigenvalue weighted by atomic mass is 32.2. The largest absolute Gasteiger partial charge is 0.439 e. The molecule has 170 valence electrons. The van der Waals surface area contributed by atoms with Crippen molar-refractivity contribution in [2.75, 3.05) is 5.75 Å². The quantitative estimate of drug-likeness (QED) is 0.283. The first-order valence-corrected chi connectivity index (χ1v) is 12.0. The Morgan fingerprint density at radius 2 is 1.88 bits per heavy atom. The topological polar surface area (TPSA) is 106 Å². The molecule has 0 fully saturated rings. The van der Waals surface area contributed by atoms with Crippen LogP contribution >= 0.6 is 0 Å². The maximum Gasteiger partial charge on any atom is 0.218 e. The Hall–Kier alpha value is -3.17. The van der Waals surface area contributed by atoms with Crippen LogP contribution in [-0.2, 0) is 22.1 Å². The molecule has 1 aromatic heterocycles. The highest BCUT2D eigenvalue weighted by Crippen LogP contribution is 2.30. The molecule has 0 aliphatic carbocycles. The lowest BCUT2D eigenvalue weighted by molar-refractivity contribution is 0.322. The highest BCUT2D eigenvalue weighted by molar-refractivity contribution is 7.89. The summed E-state index contributed by atoms with van der Waals surface area (Å²) in [6, 6.07) is 16.6. The van der Waals surface area contributed by atoms with Gasteiger partial charge in [0.05, 0.1) is 23.2 Å². The first-order valence-electron chi connectivity index (χ1n) is 10.3. The molecule has 0 saturated heterocycles. The van der Waals surface area contributed by atoms with Crippen LogP contribution in [0.4, 0.5) is 0 Å². The summed E-state index contributed by atoms with van der Waals surface area (Å²) in [7, 11) is -3.36. The van der Waals surface area contributed by atoms with Gasteiger partial charge in [0.15, 0.2) is 0 Å². The summed E-state index contributed by atoms with van der Waals surface area (Å²) in [5, 5.41) is 16.3. The van der Waals surface area contributed by atoms with Gasteiger partial charge in [0.25, 0.3) is 0 Å². The Labute approximate surface area is 188 Å². The third kappa shape index (κ3) is 5.54. The highest BCUT2D eigenvalue weighted by Gasteiger charge is 2.26.